The predicted octanol–water partition coefficient (Wildman–Crippen LogP) is 0.00880. The topological polar surface area (TPSA) is 116 Å². The van der Waals surface area contributed by atoms with Crippen molar-refractivity contribution < 1.29 is 33.9 Å². The molecular formula is C18H18N2O7. The van der Waals surface area contributed by atoms with Crippen molar-refractivity contribution >= 4 is 23.7 Å². The lowest BCUT2D eigenvalue weighted by molar-refractivity contribution is -0.348. The van der Waals surface area contributed by atoms with Gasteiger partial charge in [-0.2, -0.15) is 5.10 Å². The maximum absolute atomic E-state index is 12.3. The molecule has 2 heterocycles. The average Bonchev–Trinajstić information content (AvgIpc) is 3.23. The molecule has 9 nitrogen and oxygen atoms in total. The van der Waals surface area contributed by atoms with Gasteiger partial charge >= 0.3 is 11.9 Å². The number of nitrogens with zero attached hydrogens (tertiary/aromatic N) is 1. The smallest absolute Gasteiger partial charge is 0.361 e. The van der Waals surface area contributed by atoms with Gasteiger partial charge in [-0.05, 0) is 11.1 Å². The first-order valence-corrected chi connectivity index (χ1v) is 8.33. The molecule has 1 aliphatic carbocycles. The van der Waals surface area contributed by atoms with Gasteiger partial charge in [0.1, 0.15) is 12.2 Å². The third-order valence-corrected chi connectivity index (χ3v) is 5.13. The Labute approximate surface area is 154 Å². The van der Waals surface area contributed by atoms with Gasteiger partial charge in [-0.15, -0.1) is 0 Å². The SMILES string of the molecule is COC(=O)C1=NNC(O)(C(=O)OC)C2C3OOC(/C3=C/c3ccccc3)C12. The molecule has 0 radical (unpaired) electrons. The summed E-state index contributed by atoms with van der Waals surface area (Å²) in [6, 6.07) is 9.44. The first kappa shape index (κ1) is 17.7. The van der Waals surface area contributed by atoms with Crippen LogP contribution in [0.4, 0.5) is 0 Å². The summed E-state index contributed by atoms with van der Waals surface area (Å²) in [5.41, 5.74) is 1.79. The molecule has 5 unspecified atom stereocenters. The van der Waals surface area contributed by atoms with E-state index in [-0.39, 0.29) is 5.71 Å². The normalized spacial score (nSPS) is 35.2. The fraction of sp³-hybridized carbons (Fsp3) is 0.389. The lowest BCUT2D eigenvalue weighted by Crippen LogP contribution is -2.66. The summed E-state index contributed by atoms with van der Waals surface area (Å²) in [6.45, 7) is 0. The number of fused-ring (bicyclic) bond motifs is 5. The zero-order valence-corrected chi connectivity index (χ0v) is 14.6. The highest BCUT2D eigenvalue weighted by molar-refractivity contribution is 6.38. The summed E-state index contributed by atoms with van der Waals surface area (Å²) in [5, 5.41) is 14.9. The van der Waals surface area contributed by atoms with Crippen molar-refractivity contribution in [2.24, 2.45) is 16.9 Å². The van der Waals surface area contributed by atoms with Crippen LogP contribution in [0, 0.1) is 11.8 Å². The molecule has 0 spiro atoms. The molecule has 1 aromatic carbocycles. The fourth-order valence-corrected chi connectivity index (χ4v) is 3.92. The van der Waals surface area contributed by atoms with Crippen molar-refractivity contribution in [2.45, 2.75) is 17.9 Å². The third kappa shape index (κ3) is 2.54. The summed E-state index contributed by atoms with van der Waals surface area (Å²) in [7, 11) is 2.38. The first-order valence-electron chi connectivity index (χ1n) is 8.33. The van der Waals surface area contributed by atoms with Crippen LogP contribution in [-0.4, -0.2) is 54.9 Å². The second-order valence-electron chi connectivity index (χ2n) is 6.50. The van der Waals surface area contributed by atoms with E-state index in [1.165, 1.54) is 7.11 Å². The summed E-state index contributed by atoms with van der Waals surface area (Å²) >= 11 is 0. The zero-order chi connectivity index (χ0) is 19.2. The minimum atomic E-state index is -2.17. The Morgan fingerprint density at radius 3 is 2.56 bits per heavy atom. The number of carbonyl (C=O) groups is 2. The molecular weight excluding hydrogens is 356 g/mol. The van der Waals surface area contributed by atoms with E-state index in [1.807, 2.05) is 36.4 Å². The Morgan fingerprint density at radius 2 is 1.89 bits per heavy atom. The number of hydrogen-bond acceptors (Lipinski definition) is 9. The van der Waals surface area contributed by atoms with Crippen molar-refractivity contribution in [1.82, 2.24) is 5.43 Å². The molecule has 9 heteroatoms. The average molecular weight is 374 g/mol. The number of hydrogen-bond donors (Lipinski definition) is 2. The summed E-state index contributed by atoms with van der Waals surface area (Å²) in [5.74, 6) is -3.23. The number of esters is 2. The minimum absolute atomic E-state index is 0.0193. The summed E-state index contributed by atoms with van der Waals surface area (Å²) < 4.78 is 9.52. The zero-order valence-electron chi connectivity index (χ0n) is 14.6. The van der Waals surface area contributed by atoms with Crippen LogP contribution in [0.5, 0.6) is 0 Å². The van der Waals surface area contributed by atoms with Crippen molar-refractivity contribution in [3.8, 4) is 0 Å². The van der Waals surface area contributed by atoms with Crippen LogP contribution in [0.15, 0.2) is 41.0 Å². The van der Waals surface area contributed by atoms with Gasteiger partial charge in [-0.1, -0.05) is 36.4 Å². The molecule has 2 bridgehead atoms. The molecule has 3 aliphatic rings. The number of benzene rings is 1. The van der Waals surface area contributed by atoms with Crippen LogP contribution in [0.3, 0.4) is 0 Å². The predicted molar refractivity (Wildman–Crippen MR) is 90.7 cm³/mol. The number of hydrazone groups is 1. The van der Waals surface area contributed by atoms with E-state index in [4.69, 9.17) is 19.2 Å². The van der Waals surface area contributed by atoms with Gasteiger partial charge in [0.2, 0.25) is 0 Å². The summed E-state index contributed by atoms with van der Waals surface area (Å²) in [4.78, 5) is 35.2. The molecule has 2 aliphatic heterocycles. The molecule has 2 fully saturated rings. The van der Waals surface area contributed by atoms with Gasteiger partial charge in [-0.3, -0.25) is 5.43 Å². The summed E-state index contributed by atoms with van der Waals surface area (Å²) in [6.07, 6.45) is 0.385. The molecule has 0 amide bonds. The number of ether oxygens (including phenoxy) is 2. The molecule has 5 atom stereocenters. The van der Waals surface area contributed by atoms with Gasteiger partial charge in [-0.25, -0.2) is 19.4 Å². The Morgan fingerprint density at radius 1 is 1.19 bits per heavy atom. The van der Waals surface area contributed by atoms with E-state index in [9.17, 15) is 14.7 Å². The standard InChI is InChI=1S/C18H18N2O7/c1-24-16(21)13-11-12(18(23,20-19-13)17(22)25-2)15-10(14(11)26-27-15)8-9-6-4-3-5-7-9/h3-8,11-12,14-15,20,23H,1-2H3/b10-8-. The maximum Gasteiger partial charge on any atom is 0.361 e. The first-order chi connectivity index (χ1) is 13.0. The highest BCUT2D eigenvalue weighted by atomic mass is 17.2. The van der Waals surface area contributed by atoms with Crippen molar-refractivity contribution in [1.29, 1.82) is 0 Å². The molecule has 2 N–H and O–H groups in total. The Balaban J connectivity index is 1.81. The molecule has 4 rings (SSSR count). The van der Waals surface area contributed by atoms with Crippen LogP contribution >= 0.6 is 0 Å². The highest BCUT2D eigenvalue weighted by Crippen LogP contribution is 2.52. The monoisotopic (exact) mass is 374 g/mol. The number of aliphatic hydroxyl groups is 1. The fourth-order valence-electron chi connectivity index (χ4n) is 3.92. The highest BCUT2D eigenvalue weighted by Gasteiger charge is 2.68. The van der Waals surface area contributed by atoms with Crippen molar-refractivity contribution in [3.63, 3.8) is 0 Å². The third-order valence-electron chi connectivity index (χ3n) is 5.13. The lowest BCUT2D eigenvalue weighted by Gasteiger charge is -2.41. The Kier molecular flexibility index (Phi) is 4.22. The molecule has 1 saturated heterocycles. The van der Waals surface area contributed by atoms with Crippen LogP contribution in [0.25, 0.3) is 6.08 Å². The van der Waals surface area contributed by atoms with Crippen molar-refractivity contribution in [2.75, 3.05) is 14.2 Å². The van der Waals surface area contributed by atoms with E-state index in [2.05, 4.69) is 10.5 Å². The van der Waals surface area contributed by atoms with Crippen LogP contribution in [0.2, 0.25) is 0 Å². The van der Waals surface area contributed by atoms with Crippen molar-refractivity contribution in [3.05, 3.63) is 41.5 Å². The van der Waals surface area contributed by atoms with Crippen LogP contribution < -0.4 is 5.43 Å². The van der Waals surface area contributed by atoms with E-state index in [0.29, 0.717) is 5.57 Å². The largest absolute Gasteiger partial charge is 0.465 e. The Bertz CT molecular complexity index is 837. The van der Waals surface area contributed by atoms with Crippen LogP contribution in [0.1, 0.15) is 5.56 Å². The van der Waals surface area contributed by atoms with E-state index >= 15 is 0 Å². The minimum Gasteiger partial charge on any atom is -0.465 e. The number of methoxy groups -OCH3 is 2. The molecule has 142 valence electrons. The number of rotatable bonds is 3. The quantitative estimate of drug-likeness (QED) is 0.562. The number of carbonyl (C=O) groups excluding carboxylic acids is 2. The van der Waals surface area contributed by atoms with Gasteiger partial charge in [0.25, 0.3) is 5.72 Å². The Hall–Kier alpha value is -2.75. The number of nitrogens with one attached hydrogen (secondary N) is 1. The van der Waals surface area contributed by atoms with E-state index in [0.717, 1.165) is 12.7 Å². The molecule has 0 aromatic heterocycles. The molecule has 27 heavy (non-hydrogen) atoms. The second kappa shape index (κ2) is 6.45. The van der Waals surface area contributed by atoms with E-state index < -0.39 is 41.7 Å². The van der Waals surface area contributed by atoms with E-state index in [1.54, 1.807) is 0 Å². The van der Waals surface area contributed by atoms with Gasteiger partial charge in [0, 0.05) is 0 Å². The second-order valence-corrected chi connectivity index (χ2v) is 6.50. The lowest BCUT2D eigenvalue weighted by atomic mass is 9.79. The van der Waals surface area contributed by atoms with Crippen LogP contribution in [-0.2, 0) is 28.8 Å². The molecule has 1 saturated carbocycles. The molecule has 1 aromatic rings. The van der Waals surface area contributed by atoms with Gasteiger partial charge in [0.05, 0.1) is 26.1 Å². The van der Waals surface area contributed by atoms with Gasteiger partial charge < -0.3 is 14.6 Å². The van der Waals surface area contributed by atoms with Gasteiger partial charge in [0.15, 0.2) is 5.71 Å². The maximum atomic E-state index is 12.3.